The van der Waals surface area contributed by atoms with Crippen molar-refractivity contribution >= 4 is 32.6 Å². The first-order chi connectivity index (χ1) is 12.9. The number of para-hydroxylation sites is 1. The summed E-state index contributed by atoms with van der Waals surface area (Å²) < 4.78 is 20.1. The molecular formula is C21H23FN2O2S. The maximum absolute atomic E-state index is 13.7. The summed E-state index contributed by atoms with van der Waals surface area (Å²) in [7, 11) is 0. The number of aromatic nitrogens is 1. The predicted molar refractivity (Wildman–Crippen MR) is 108 cm³/mol. The van der Waals surface area contributed by atoms with Gasteiger partial charge in [-0.1, -0.05) is 37.3 Å². The molecule has 0 spiro atoms. The number of thiazole rings is 1. The lowest BCUT2D eigenvalue weighted by Gasteiger charge is -2.12. The molecule has 1 heterocycles. The third kappa shape index (κ3) is 4.83. The van der Waals surface area contributed by atoms with Crippen LogP contribution in [0.1, 0.15) is 43.7 Å². The standard InChI is InChI=1S/C21H23FN2O2S/c1-13(2)16-10-9-15(12-14(16)3)26-11-5-8-19(25)23-21-24-20-17(22)6-4-7-18(20)27-21/h4,6-7,9-10,12-13H,5,8,11H2,1-3H3,(H,23,24,25). The summed E-state index contributed by atoms with van der Waals surface area (Å²) in [5, 5.41) is 3.15. The Balaban J connectivity index is 1.46. The van der Waals surface area contributed by atoms with Crippen LogP contribution in [0.2, 0.25) is 0 Å². The first-order valence-electron chi connectivity index (χ1n) is 9.02. The first-order valence-corrected chi connectivity index (χ1v) is 9.84. The number of ether oxygens (including phenoxy) is 1. The van der Waals surface area contributed by atoms with Crippen LogP contribution in [-0.4, -0.2) is 17.5 Å². The van der Waals surface area contributed by atoms with Gasteiger partial charge in [-0.2, -0.15) is 0 Å². The van der Waals surface area contributed by atoms with Crippen molar-refractivity contribution in [2.45, 2.75) is 39.5 Å². The maximum Gasteiger partial charge on any atom is 0.226 e. The number of aryl methyl sites for hydroxylation is 1. The Morgan fingerprint density at radius 1 is 1.30 bits per heavy atom. The molecule has 0 aliphatic carbocycles. The van der Waals surface area contributed by atoms with E-state index in [4.69, 9.17) is 4.74 Å². The van der Waals surface area contributed by atoms with Crippen LogP contribution >= 0.6 is 11.3 Å². The second kappa shape index (κ2) is 8.48. The van der Waals surface area contributed by atoms with Crippen LogP contribution < -0.4 is 10.1 Å². The Hall–Kier alpha value is -2.47. The average molecular weight is 386 g/mol. The van der Waals surface area contributed by atoms with E-state index in [-0.39, 0.29) is 11.7 Å². The SMILES string of the molecule is Cc1cc(OCCCC(=O)Nc2nc3c(F)cccc3s2)ccc1C(C)C. The van der Waals surface area contributed by atoms with Crippen LogP contribution in [-0.2, 0) is 4.79 Å². The van der Waals surface area contributed by atoms with Crippen molar-refractivity contribution in [1.82, 2.24) is 4.98 Å². The lowest BCUT2D eigenvalue weighted by atomic mass is 9.98. The molecule has 0 aliphatic rings. The number of amides is 1. The molecule has 3 aromatic rings. The second-order valence-electron chi connectivity index (χ2n) is 6.78. The van der Waals surface area contributed by atoms with Crippen LogP contribution in [0, 0.1) is 12.7 Å². The molecule has 2 aromatic carbocycles. The summed E-state index contributed by atoms with van der Waals surface area (Å²) in [6.45, 7) is 6.88. The van der Waals surface area contributed by atoms with Crippen molar-refractivity contribution in [2.24, 2.45) is 0 Å². The third-order valence-corrected chi connectivity index (χ3v) is 5.23. The molecule has 1 amide bonds. The van der Waals surface area contributed by atoms with Gasteiger partial charge in [-0.3, -0.25) is 4.79 Å². The highest BCUT2D eigenvalue weighted by Gasteiger charge is 2.10. The smallest absolute Gasteiger partial charge is 0.226 e. The number of hydrogen-bond acceptors (Lipinski definition) is 4. The number of nitrogens with one attached hydrogen (secondary N) is 1. The molecule has 0 fully saturated rings. The topological polar surface area (TPSA) is 51.2 Å². The van der Waals surface area contributed by atoms with Crippen molar-refractivity contribution in [2.75, 3.05) is 11.9 Å². The number of carbonyl (C=O) groups is 1. The fourth-order valence-corrected chi connectivity index (χ4v) is 3.86. The van der Waals surface area contributed by atoms with Gasteiger partial charge in [0.15, 0.2) is 5.13 Å². The summed E-state index contributed by atoms with van der Waals surface area (Å²) in [6.07, 6.45) is 0.914. The van der Waals surface area contributed by atoms with Gasteiger partial charge in [0, 0.05) is 6.42 Å². The van der Waals surface area contributed by atoms with E-state index < -0.39 is 0 Å². The number of anilines is 1. The molecule has 27 heavy (non-hydrogen) atoms. The molecule has 4 nitrogen and oxygen atoms in total. The molecule has 0 unspecified atom stereocenters. The number of halogens is 1. The quantitative estimate of drug-likeness (QED) is 0.533. The van der Waals surface area contributed by atoms with Gasteiger partial charge in [0.1, 0.15) is 17.1 Å². The number of carbonyl (C=O) groups excluding carboxylic acids is 1. The van der Waals surface area contributed by atoms with Crippen LogP contribution in [0.4, 0.5) is 9.52 Å². The van der Waals surface area contributed by atoms with E-state index in [9.17, 15) is 9.18 Å². The zero-order valence-electron chi connectivity index (χ0n) is 15.7. The van der Waals surface area contributed by atoms with Crippen LogP contribution in [0.5, 0.6) is 5.75 Å². The normalized spacial score (nSPS) is 11.1. The monoisotopic (exact) mass is 386 g/mol. The van der Waals surface area contributed by atoms with Gasteiger partial charge >= 0.3 is 0 Å². The minimum atomic E-state index is -0.378. The highest BCUT2D eigenvalue weighted by Crippen LogP contribution is 2.27. The molecule has 0 aliphatic heterocycles. The number of fused-ring (bicyclic) bond motifs is 1. The first kappa shape index (κ1) is 19.3. The van der Waals surface area contributed by atoms with E-state index in [0.29, 0.717) is 40.7 Å². The Labute approximate surface area is 162 Å². The van der Waals surface area contributed by atoms with E-state index in [1.807, 2.05) is 12.1 Å². The zero-order chi connectivity index (χ0) is 19.4. The number of rotatable bonds is 7. The fourth-order valence-electron chi connectivity index (χ4n) is 2.96. The Morgan fingerprint density at radius 2 is 2.11 bits per heavy atom. The van der Waals surface area contributed by atoms with Gasteiger partial charge in [0.05, 0.1) is 11.3 Å². The molecule has 6 heteroatoms. The summed E-state index contributed by atoms with van der Waals surface area (Å²) in [4.78, 5) is 16.2. The van der Waals surface area contributed by atoms with Gasteiger partial charge in [-0.05, 0) is 54.7 Å². The molecule has 142 valence electrons. The molecule has 0 radical (unpaired) electrons. The molecule has 0 atom stereocenters. The molecule has 1 aromatic heterocycles. The highest BCUT2D eigenvalue weighted by atomic mass is 32.1. The van der Waals surface area contributed by atoms with Crippen molar-refractivity contribution < 1.29 is 13.9 Å². The average Bonchev–Trinajstić information content (AvgIpc) is 3.02. The largest absolute Gasteiger partial charge is 0.494 e. The van der Waals surface area contributed by atoms with Crippen LogP contribution in [0.25, 0.3) is 10.2 Å². The number of nitrogens with zero attached hydrogens (tertiary/aromatic N) is 1. The van der Waals surface area contributed by atoms with Gasteiger partial charge < -0.3 is 10.1 Å². The Kier molecular flexibility index (Phi) is 6.06. The molecule has 3 rings (SSSR count). The zero-order valence-corrected chi connectivity index (χ0v) is 16.5. The van der Waals surface area contributed by atoms with Crippen LogP contribution in [0.3, 0.4) is 0 Å². The van der Waals surface area contributed by atoms with Crippen molar-refractivity contribution in [3.05, 3.63) is 53.3 Å². The number of benzene rings is 2. The van der Waals surface area contributed by atoms with E-state index in [1.54, 1.807) is 12.1 Å². The van der Waals surface area contributed by atoms with E-state index >= 15 is 0 Å². The summed E-state index contributed by atoms with van der Waals surface area (Å²) in [5.41, 5.74) is 2.82. The predicted octanol–water partition coefficient (Wildman–Crippen LogP) is 5.66. The Morgan fingerprint density at radius 3 is 2.81 bits per heavy atom. The number of hydrogen-bond donors (Lipinski definition) is 1. The summed E-state index contributed by atoms with van der Waals surface area (Å²) >= 11 is 1.27. The van der Waals surface area contributed by atoms with E-state index in [1.165, 1.54) is 28.5 Å². The fraction of sp³-hybridized carbons (Fsp3) is 0.333. The van der Waals surface area contributed by atoms with Crippen molar-refractivity contribution in [3.8, 4) is 5.75 Å². The van der Waals surface area contributed by atoms with Crippen molar-refractivity contribution in [1.29, 1.82) is 0 Å². The van der Waals surface area contributed by atoms with E-state index in [2.05, 4.69) is 37.1 Å². The van der Waals surface area contributed by atoms with Crippen LogP contribution in [0.15, 0.2) is 36.4 Å². The van der Waals surface area contributed by atoms with Gasteiger partial charge in [0.25, 0.3) is 0 Å². The maximum atomic E-state index is 13.7. The lowest BCUT2D eigenvalue weighted by Crippen LogP contribution is -2.12. The lowest BCUT2D eigenvalue weighted by molar-refractivity contribution is -0.116. The molecule has 0 bridgehead atoms. The molecule has 1 N–H and O–H groups in total. The summed E-state index contributed by atoms with van der Waals surface area (Å²) in [5.74, 6) is 0.776. The highest BCUT2D eigenvalue weighted by molar-refractivity contribution is 7.22. The molecule has 0 saturated heterocycles. The van der Waals surface area contributed by atoms with Gasteiger partial charge in [0.2, 0.25) is 5.91 Å². The third-order valence-electron chi connectivity index (χ3n) is 4.30. The van der Waals surface area contributed by atoms with Gasteiger partial charge in [-0.15, -0.1) is 0 Å². The minimum Gasteiger partial charge on any atom is -0.494 e. The molecule has 0 saturated carbocycles. The Bertz CT molecular complexity index is 953. The summed E-state index contributed by atoms with van der Waals surface area (Å²) in [6, 6.07) is 10.9. The minimum absolute atomic E-state index is 0.149. The second-order valence-corrected chi connectivity index (χ2v) is 7.81. The van der Waals surface area contributed by atoms with Gasteiger partial charge in [-0.25, -0.2) is 9.37 Å². The molecular weight excluding hydrogens is 363 g/mol. The van der Waals surface area contributed by atoms with E-state index in [0.717, 1.165) is 5.75 Å². The van der Waals surface area contributed by atoms with Crippen molar-refractivity contribution in [3.63, 3.8) is 0 Å².